The summed E-state index contributed by atoms with van der Waals surface area (Å²) >= 11 is 0. The molecule has 0 aliphatic carbocycles. The van der Waals surface area contributed by atoms with E-state index in [1.165, 1.54) is 0 Å². The van der Waals surface area contributed by atoms with E-state index in [4.69, 9.17) is 9.47 Å². The Kier molecular flexibility index (Phi) is 6.12. The van der Waals surface area contributed by atoms with Gasteiger partial charge in [0.15, 0.2) is 11.5 Å². The van der Waals surface area contributed by atoms with Gasteiger partial charge in [-0.1, -0.05) is 19.9 Å². The minimum Gasteiger partial charge on any atom is -0.493 e. The summed E-state index contributed by atoms with van der Waals surface area (Å²) in [5.74, 6) is 1.35. The first-order valence-electron chi connectivity index (χ1n) is 6.69. The molecule has 0 saturated heterocycles. The lowest BCUT2D eigenvalue weighted by atomic mass is 10.2. The van der Waals surface area contributed by atoms with Crippen LogP contribution in [0, 0.1) is 0 Å². The second-order valence-corrected chi connectivity index (χ2v) is 5.08. The molecule has 108 valence electrons. The van der Waals surface area contributed by atoms with Crippen molar-refractivity contribution in [3.05, 3.63) is 23.8 Å². The third kappa shape index (κ3) is 5.09. The lowest BCUT2D eigenvalue weighted by molar-refractivity contribution is 0.0586. The molecule has 0 aromatic heterocycles. The van der Waals surface area contributed by atoms with Gasteiger partial charge >= 0.3 is 0 Å². The topological polar surface area (TPSA) is 50.7 Å². The van der Waals surface area contributed by atoms with Gasteiger partial charge in [0, 0.05) is 12.6 Å². The van der Waals surface area contributed by atoms with Gasteiger partial charge in [0.1, 0.15) is 6.10 Å². The van der Waals surface area contributed by atoms with Crippen molar-refractivity contribution in [1.82, 2.24) is 5.32 Å². The molecule has 2 unspecified atom stereocenters. The summed E-state index contributed by atoms with van der Waals surface area (Å²) in [6, 6.07) is 6.29. The van der Waals surface area contributed by atoms with Crippen LogP contribution in [0.25, 0.3) is 0 Å². The van der Waals surface area contributed by atoms with Crippen LogP contribution in [0.15, 0.2) is 18.2 Å². The normalized spacial score (nSPS) is 14.3. The molecular weight excluding hydrogens is 242 g/mol. The number of hydrogen-bond donors (Lipinski definition) is 2. The molecule has 0 saturated carbocycles. The molecule has 1 rings (SSSR count). The maximum Gasteiger partial charge on any atom is 0.161 e. The Hall–Kier alpha value is -1.26. The van der Waals surface area contributed by atoms with Gasteiger partial charge < -0.3 is 19.9 Å². The fourth-order valence-corrected chi connectivity index (χ4v) is 1.54. The first kappa shape index (κ1) is 15.8. The van der Waals surface area contributed by atoms with Crippen LogP contribution in [-0.4, -0.2) is 30.5 Å². The predicted molar refractivity (Wildman–Crippen MR) is 76.7 cm³/mol. The van der Waals surface area contributed by atoms with Crippen LogP contribution in [0.1, 0.15) is 33.3 Å². The summed E-state index contributed by atoms with van der Waals surface area (Å²) < 4.78 is 11.0. The molecule has 1 aromatic carbocycles. The Labute approximate surface area is 115 Å². The third-order valence-corrected chi connectivity index (χ3v) is 2.93. The monoisotopic (exact) mass is 267 g/mol. The number of aliphatic hydroxyl groups is 1. The molecule has 1 aromatic rings. The molecular formula is C15H25NO3. The highest BCUT2D eigenvalue weighted by Crippen LogP contribution is 2.29. The van der Waals surface area contributed by atoms with Crippen LogP contribution in [0.5, 0.6) is 11.5 Å². The summed E-state index contributed by atoms with van der Waals surface area (Å²) in [5.41, 5.74) is 1.14. The Morgan fingerprint density at radius 1 is 1.16 bits per heavy atom. The van der Waals surface area contributed by atoms with Crippen LogP contribution >= 0.6 is 0 Å². The first-order valence-corrected chi connectivity index (χ1v) is 6.69. The highest BCUT2D eigenvalue weighted by molar-refractivity contribution is 5.43. The molecule has 0 amide bonds. The quantitative estimate of drug-likeness (QED) is 0.796. The molecule has 0 aliphatic rings. The number of benzene rings is 1. The fourth-order valence-electron chi connectivity index (χ4n) is 1.54. The zero-order valence-electron chi connectivity index (χ0n) is 12.4. The number of rotatable bonds is 7. The highest BCUT2D eigenvalue weighted by atomic mass is 16.5. The minimum atomic E-state index is -0.521. The molecule has 0 bridgehead atoms. The summed E-state index contributed by atoms with van der Waals surface area (Å²) in [6.07, 6.45) is -0.791. The van der Waals surface area contributed by atoms with Crippen molar-refractivity contribution in [2.75, 3.05) is 7.11 Å². The smallest absolute Gasteiger partial charge is 0.161 e. The second kappa shape index (κ2) is 7.36. The second-order valence-electron chi connectivity index (χ2n) is 5.08. The summed E-state index contributed by atoms with van der Waals surface area (Å²) in [5, 5.41) is 12.8. The zero-order chi connectivity index (χ0) is 14.4. The van der Waals surface area contributed by atoms with E-state index >= 15 is 0 Å². The molecule has 19 heavy (non-hydrogen) atoms. The Morgan fingerprint density at radius 3 is 2.37 bits per heavy atom. The van der Waals surface area contributed by atoms with Crippen molar-refractivity contribution in [3.63, 3.8) is 0 Å². The number of methoxy groups -OCH3 is 1. The first-order chi connectivity index (χ1) is 8.93. The van der Waals surface area contributed by atoms with E-state index < -0.39 is 6.10 Å². The predicted octanol–water partition coefficient (Wildman–Crippen LogP) is 2.34. The summed E-state index contributed by atoms with van der Waals surface area (Å²) in [4.78, 5) is 0. The maximum absolute atomic E-state index is 9.47. The van der Waals surface area contributed by atoms with E-state index in [9.17, 15) is 5.11 Å². The van der Waals surface area contributed by atoms with Crippen molar-refractivity contribution in [1.29, 1.82) is 0 Å². The van der Waals surface area contributed by atoms with E-state index in [2.05, 4.69) is 19.2 Å². The lowest BCUT2D eigenvalue weighted by Crippen LogP contribution is -2.25. The van der Waals surface area contributed by atoms with Gasteiger partial charge in [0.2, 0.25) is 0 Å². The number of hydrogen-bond acceptors (Lipinski definition) is 4. The summed E-state index contributed by atoms with van der Waals surface area (Å²) in [6.45, 7) is 8.55. The van der Waals surface area contributed by atoms with E-state index in [-0.39, 0.29) is 6.10 Å². The van der Waals surface area contributed by atoms with Gasteiger partial charge in [-0.25, -0.2) is 0 Å². The highest BCUT2D eigenvalue weighted by Gasteiger charge is 2.14. The van der Waals surface area contributed by atoms with Crippen LogP contribution in [-0.2, 0) is 6.54 Å². The van der Waals surface area contributed by atoms with Crippen LogP contribution in [0.2, 0.25) is 0 Å². The van der Waals surface area contributed by atoms with Crippen molar-refractivity contribution in [2.45, 2.75) is 52.5 Å². The molecule has 0 radical (unpaired) electrons. The molecule has 0 fully saturated rings. The third-order valence-electron chi connectivity index (χ3n) is 2.93. The van der Waals surface area contributed by atoms with Gasteiger partial charge in [0.25, 0.3) is 0 Å². The van der Waals surface area contributed by atoms with Gasteiger partial charge in [0.05, 0.1) is 13.2 Å². The lowest BCUT2D eigenvalue weighted by Gasteiger charge is -2.19. The molecule has 2 atom stereocenters. The number of nitrogens with one attached hydrogen (secondary N) is 1. The van der Waals surface area contributed by atoms with Crippen molar-refractivity contribution in [3.8, 4) is 11.5 Å². The van der Waals surface area contributed by atoms with Gasteiger partial charge in [-0.15, -0.1) is 0 Å². The standard InChI is InChI=1S/C15H25NO3/c1-10(2)16-9-13-6-7-14(15(8-13)18-5)19-12(4)11(3)17/h6-8,10-12,16-17H,9H2,1-5H3. The van der Waals surface area contributed by atoms with E-state index in [1.807, 2.05) is 25.1 Å². The molecule has 4 nitrogen and oxygen atoms in total. The van der Waals surface area contributed by atoms with Crippen molar-refractivity contribution in [2.24, 2.45) is 0 Å². The van der Waals surface area contributed by atoms with Crippen LogP contribution in [0.4, 0.5) is 0 Å². The van der Waals surface area contributed by atoms with Gasteiger partial charge in [-0.2, -0.15) is 0 Å². The average Bonchev–Trinajstić information content (AvgIpc) is 2.37. The Bertz CT molecular complexity index is 391. The van der Waals surface area contributed by atoms with Gasteiger partial charge in [-0.3, -0.25) is 0 Å². The summed E-state index contributed by atoms with van der Waals surface area (Å²) in [7, 11) is 1.62. The molecule has 0 heterocycles. The minimum absolute atomic E-state index is 0.270. The molecule has 0 spiro atoms. The SMILES string of the molecule is COc1cc(CNC(C)C)ccc1OC(C)C(C)O. The maximum atomic E-state index is 9.47. The Morgan fingerprint density at radius 2 is 1.84 bits per heavy atom. The molecule has 2 N–H and O–H groups in total. The van der Waals surface area contributed by atoms with Crippen molar-refractivity contribution >= 4 is 0 Å². The van der Waals surface area contributed by atoms with E-state index in [0.717, 1.165) is 12.1 Å². The molecule has 4 heteroatoms. The fraction of sp³-hybridized carbons (Fsp3) is 0.600. The van der Waals surface area contributed by atoms with Crippen molar-refractivity contribution < 1.29 is 14.6 Å². The van der Waals surface area contributed by atoms with E-state index in [0.29, 0.717) is 17.5 Å². The average molecular weight is 267 g/mol. The number of aliphatic hydroxyl groups excluding tert-OH is 1. The zero-order valence-corrected chi connectivity index (χ0v) is 12.4. The van der Waals surface area contributed by atoms with E-state index in [1.54, 1.807) is 14.0 Å². The van der Waals surface area contributed by atoms with Gasteiger partial charge in [-0.05, 0) is 31.5 Å². The van der Waals surface area contributed by atoms with Crippen LogP contribution < -0.4 is 14.8 Å². The number of ether oxygens (including phenoxy) is 2. The largest absolute Gasteiger partial charge is 0.493 e. The molecule has 0 aliphatic heterocycles. The Balaban J connectivity index is 2.78. The van der Waals surface area contributed by atoms with Crippen LogP contribution in [0.3, 0.4) is 0 Å².